The maximum absolute atomic E-state index is 12.2. The van der Waals surface area contributed by atoms with Crippen LogP contribution in [0.5, 0.6) is 0 Å². The van der Waals surface area contributed by atoms with E-state index in [1.165, 1.54) is 0 Å². The zero-order valence-corrected chi connectivity index (χ0v) is 10.3. The van der Waals surface area contributed by atoms with Crippen LogP contribution in [0.2, 0.25) is 0 Å². The van der Waals surface area contributed by atoms with Gasteiger partial charge in [-0.15, -0.1) is 6.58 Å². The van der Waals surface area contributed by atoms with E-state index in [-0.39, 0.29) is 19.0 Å². The van der Waals surface area contributed by atoms with E-state index in [1.807, 2.05) is 6.92 Å². The number of carbonyl (C=O) groups is 2. The molecule has 17 heavy (non-hydrogen) atoms. The molecule has 0 heterocycles. The molecule has 0 aliphatic heterocycles. The smallest absolute Gasteiger partial charge is 0.320 e. The molecular weight excluding hydrogens is 220 g/mol. The van der Waals surface area contributed by atoms with Gasteiger partial charge in [-0.2, -0.15) is 0 Å². The molecule has 0 saturated heterocycles. The van der Waals surface area contributed by atoms with Crippen molar-refractivity contribution in [3.63, 3.8) is 0 Å². The van der Waals surface area contributed by atoms with E-state index in [9.17, 15) is 9.59 Å². The van der Waals surface area contributed by atoms with Crippen molar-refractivity contribution in [2.75, 3.05) is 19.6 Å². The van der Waals surface area contributed by atoms with Gasteiger partial charge in [0.2, 0.25) is 0 Å². The molecule has 1 N–H and O–H groups in total. The van der Waals surface area contributed by atoms with Crippen LogP contribution in [0, 0.1) is 0 Å². The Morgan fingerprint density at radius 1 is 1.47 bits per heavy atom. The third kappa shape index (κ3) is 4.09. The first-order chi connectivity index (χ1) is 8.10. The molecule has 1 rings (SSSR count). The van der Waals surface area contributed by atoms with Gasteiger partial charge in [-0.1, -0.05) is 6.08 Å². The highest BCUT2D eigenvalue weighted by Gasteiger charge is 2.33. The quantitative estimate of drug-likeness (QED) is 0.687. The van der Waals surface area contributed by atoms with Crippen LogP contribution in [0.3, 0.4) is 0 Å². The van der Waals surface area contributed by atoms with Gasteiger partial charge in [0.05, 0.1) is 6.42 Å². The Bertz CT molecular complexity index is 300. The molecule has 1 saturated carbocycles. The van der Waals surface area contributed by atoms with Gasteiger partial charge in [0.1, 0.15) is 0 Å². The van der Waals surface area contributed by atoms with Crippen LogP contribution < -0.4 is 0 Å². The fourth-order valence-electron chi connectivity index (χ4n) is 1.71. The van der Waals surface area contributed by atoms with E-state index < -0.39 is 5.97 Å². The summed E-state index contributed by atoms with van der Waals surface area (Å²) < 4.78 is 0. The molecule has 0 unspecified atom stereocenters. The van der Waals surface area contributed by atoms with Crippen LogP contribution >= 0.6 is 0 Å². The summed E-state index contributed by atoms with van der Waals surface area (Å²) in [5.74, 6) is -0.877. The molecule has 0 aromatic rings. The Kier molecular flexibility index (Phi) is 5.00. The highest BCUT2D eigenvalue weighted by molar-refractivity contribution is 5.76. The van der Waals surface area contributed by atoms with E-state index in [4.69, 9.17) is 5.11 Å². The third-order valence-electron chi connectivity index (χ3n) is 2.81. The van der Waals surface area contributed by atoms with Gasteiger partial charge in [0, 0.05) is 25.7 Å². The van der Waals surface area contributed by atoms with Crippen LogP contribution in [0.1, 0.15) is 26.2 Å². The summed E-state index contributed by atoms with van der Waals surface area (Å²) in [6.07, 6.45) is 3.78. The summed E-state index contributed by atoms with van der Waals surface area (Å²) in [5.41, 5.74) is 0. The topological polar surface area (TPSA) is 60.9 Å². The third-order valence-corrected chi connectivity index (χ3v) is 2.81. The van der Waals surface area contributed by atoms with Crippen molar-refractivity contribution in [1.29, 1.82) is 0 Å². The van der Waals surface area contributed by atoms with Crippen molar-refractivity contribution in [2.45, 2.75) is 32.2 Å². The summed E-state index contributed by atoms with van der Waals surface area (Å²) in [6, 6.07) is 0.246. The van der Waals surface area contributed by atoms with Crippen LogP contribution in [0.4, 0.5) is 4.79 Å². The lowest BCUT2D eigenvalue weighted by atomic mass is 10.3. The van der Waals surface area contributed by atoms with Gasteiger partial charge in [-0.3, -0.25) is 4.79 Å². The summed E-state index contributed by atoms with van der Waals surface area (Å²) >= 11 is 0. The summed E-state index contributed by atoms with van der Waals surface area (Å²) in [6.45, 7) is 6.84. The standard InChI is InChI=1S/C12H20N2O3/c1-3-8-14(10-5-6-10)12(17)13(4-2)9-7-11(15)16/h3,10H,1,4-9H2,2H3,(H,15,16). The number of urea groups is 1. The maximum atomic E-state index is 12.2. The number of carboxylic acid groups (broad SMARTS) is 1. The van der Waals surface area contributed by atoms with Crippen molar-refractivity contribution < 1.29 is 14.7 Å². The Morgan fingerprint density at radius 3 is 2.53 bits per heavy atom. The highest BCUT2D eigenvalue weighted by Crippen LogP contribution is 2.27. The second-order valence-electron chi connectivity index (χ2n) is 4.18. The molecule has 1 aliphatic rings. The number of rotatable bonds is 7. The Hall–Kier alpha value is -1.52. The van der Waals surface area contributed by atoms with Crippen LogP contribution in [0.25, 0.3) is 0 Å². The second kappa shape index (κ2) is 6.27. The largest absolute Gasteiger partial charge is 0.481 e. The van der Waals surface area contributed by atoms with E-state index in [0.29, 0.717) is 19.1 Å². The molecule has 1 fully saturated rings. The van der Waals surface area contributed by atoms with Gasteiger partial charge >= 0.3 is 12.0 Å². The molecule has 0 atom stereocenters. The molecule has 2 amide bonds. The molecule has 1 aliphatic carbocycles. The monoisotopic (exact) mass is 240 g/mol. The minimum atomic E-state index is -0.877. The summed E-state index contributed by atoms with van der Waals surface area (Å²) in [7, 11) is 0. The molecule has 0 radical (unpaired) electrons. The maximum Gasteiger partial charge on any atom is 0.320 e. The van der Waals surface area contributed by atoms with Crippen molar-refractivity contribution in [1.82, 2.24) is 9.80 Å². The average molecular weight is 240 g/mol. The summed E-state index contributed by atoms with van der Waals surface area (Å²) in [4.78, 5) is 26.0. The van der Waals surface area contributed by atoms with Crippen LogP contribution in [-0.4, -0.2) is 52.6 Å². The zero-order valence-electron chi connectivity index (χ0n) is 10.3. The van der Waals surface area contributed by atoms with E-state index >= 15 is 0 Å². The lowest BCUT2D eigenvalue weighted by Crippen LogP contribution is -2.45. The minimum Gasteiger partial charge on any atom is -0.481 e. The number of carboxylic acids is 1. The average Bonchev–Trinajstić information content (AvgIpc) is 3.10. The van der Waals surface area contributed by atoms with E-state index in [0.717, 1.165) is 12.8 Å². The van der Waals surface area contributed by atoms with Gasteiger partial charge in [-0.05, 0) is 19.8 Å². The molecule has 0 aromatic heterocycles. The second-order valence-corrected chi connectivity index (χ2v) is 4.18. The predicted molar refractivity (Wildman–Crippen MR) is 64.8 cm³/mol. The minimum absolute atomic E-state index is 0.00776. The SMILES string of the molecule is C=CCN(C(=O)N(CC)CCC(=O)O)C1CC1. The number of carbonyl (C=O) groups excluding carboxylic acids is 1. The Morgan fingerprint density at radius 2 is 2.12 bits per heavy atom. The van der Waals surface area contributed by atoms with Crippen LogP contribution in [-0.2, 0) is 4.79 Å². The molecule has 96 valence electrons. The predicted octanol–water partition coefficient (Wildman–Crippen LogP) is 1.55. The fraction of sp³-hybridized carbons (Fsp3) is 0.667. The van der Waals surface area contributed by atoms with E-state index in [1.54, 1.807) is 15.9 Å². The summed E-state index contributed by atoms with van der Waals surface area (Å²) in [5, 5.41) is 8.64. The highest BCUT2D eigenvalue weighted by atomic mass is 16.4. The first kappa shape index (κ1) is 13.5. The van der Waals surface area contributed by atoms with Gasteiger partial charge in [-0.25, -0.2) is 4.79 Å². The molecule has 5 nitrogen and oxygen atoms in total. The fourth-order valence-corrected chi connectivity index (χ4v) is 1.71. The lowest BCUT2D eigenvalue weighted by molar-refractivity contribution is -0.137. The molecule has 0 aromatic carbocycles. The van der Waals surface area contributed by atoms with Gasteiger partial charge in [0.25, 0.3) is 0 Å². The zero-order chi connectivity index (χ0) is 12.8. The number of aliphatic carboxylic acids is 1. The van der Waals surface area contributed by atoms with Crippen LogP contribution in [0.15, 0.2) is 12.7 Å². The number of hydrogen-bond acceptors (Lipinski definition) is 2. The van der Waals surface area contributed by atoms with Crippen molar-refractivity contribution in [3.05, 3.63) is 12.7 Å². The van der Waals surface area contributed by atoms with Crippen molar-refractivity contribution in [3.8, 4) is 0 Å². The lowest BCUT2D eigenvalue weighted by Gasteiger charge is -2.29. The first-order valence-electron chi connectivity index (χ1n) is 5.98. The Labute approximate surface area is 102 Å². The Balaban J connectivity index is 2.55. The molecule has 0 bridgehead atoms. The molecule has 5 heteroatoms. The van der Waals surface area contributed by atoms with E-state index in [2.05, 4.69) is 6.58 Å². The first-order valence-corrected chi connectivity index (χ1v) is 5.98. The van der Waals surface area contributed by atoms with Gasteiger partial charge in [0.15, 0.2) is 0 Å². The van der Waals surface area contributed by atoms with Crippen molar-refractivity contribution in [2.24, 2.45) is 0 Å². The van der Waals surface area contributed by atoms with Crippen molar-refractivity contribution >= 4 is 12.0 Å². The number of nitrogens with zero attached hydrogens (tertiary/aromatic N) is 2. The normalized spacial score (nSPS) is 14.2. The number of hydrogen-bond donors (Lipinski definition) is 1. The number of amides is 2. The molecule has 0 spiro atoms. The van der Waals surface area contributed by atoms with Gasteiger partial charge < -0.3 is 14.9 Å². The molecular formula is C12H20N2O3.